The van der Waals surface area contributed by atoms with Crippen LogP contribution in [0, 0.1) is 5.92 Å². The number of nitrogens with one attached hydrogen (secondary N) is 1. The van der Waals surface area contributed by atoms with E-state index in [-0.39, 0.29) is 24.3 Å². The topological polar surface area (TPSA) is 60.5 Å². The van der Waals surface area contributed by atoms with Gasteiger partial charge in [-0.2, -0.15) is 13.2 Å². The van der Waals surface area contributed by atoms with E-state index < -0.39 is 11.7 Å². The van der Waals surface area contributed by atoms with Crippen LogP contribution in [0.4, 0.5) is 13.2 Å². The van der Waals surface area contributed by atoms with Gasteiger partial charge in [-0.25, -0.2) is 4.98 Å². The Kier molecular flexibility index (Phi) is 6.18. The van der Waals surface area contributed by atoms with Crippen LogP contribution in [0.2, 0.25) is 0 Å². The van der Waals surface area contributed by atoms with Crippen molar-refractivity contribution in [1.82, 2.24) is 10.3 Å². The number of rotatable bonds is 8. The fraction of sp³-hybridized carbons (Fsp3) is 0.400. The van der Waals surface area contributed by atoms with Crippen LogP contribution in [-0.4, -0.2) is 31.2 Å². The van der Waals surface area contributed by atoms with Crippen LogP contribution in [0.5, 0.6) is 5.88 Å². The van der Waals surface area contributed by atoms with E-state index in [9.17, 15) is 18.0 Å². The van der Waals surface area contributed by atoms with E-state index in [0.29, 0.717) is 31.1 Å². The molecule has 1 saturated carbocycles. The number of hydrogen-bond donors (Lipinski definition) is 1. The molecular weight excluding hydrogens is 373 g/mol. The lowest BCUT2D eigenvalue weighted by molar-refractivity contribution is -0.137. The van der Waals surface area contributed by atoms with Crippen LogP contribution in [0.15, 0.2) is 42.6 Å². The first kappa shape index (κ1) is 20.1. The van der Waals surface area contributed by atoms with E-state index in [1.807, 2.05) is 0 Å². The van der Waals surface area contributed by atoms with Crippen molar-refractivity contribution in [2.24, 2.45) is 5.92 Å². The second-order valence-electron chi connectivity index (χ2n) is 6.60. The number of carbonyl (C=O) groups excluding carboxylic acids is 1. The van der Waals surface area contributed by atoms with Crippen molar-refractivity contribution >= 4 is 5.91 Å². The van der Waals surface area contributed by atoms with Gasteiger partial charge in [0.15, 0.2) is 0 Å². The minimum absolute atomic E-state index is 0.186. The van der Waals surface area contributed by atoms with Crippen molar-refractivity contribution in [3.05, 3.63) is 59.3 Å². The molecule has 1 N–H and O–H groups in total. The molecule has 28 heavy (non-hydrogen) atoms. The van der Waals surface area contributed by atoms with Gasteiger partial charge in [-0.1, -0.05) is 24.3 Å². The molecule has 1 aromatic carbocycles. The Hall–Kier alpha value is -2.61. The molecule has 2 aromatic rings. The summed E-state index contributed by atoms with van der Waals surface area (Å²) in [6, 6.07) is 8.72. The van der Waals surface area contributed by atoms with E-state index in [1.165, 1.54) is 6.07 Å². The summed E-state index contributed by atoms with van der Waals surface area (Å²) in [5.41, 5.74) is 0.576. The molecule has 2 atom stereocenters. The lowest BCUT2D eigenvalue weighted by Gasteiger charge is -2.11. The number of methoxy groups -OCH3 is 1. The van der Waals surface area contributed by atoms with E-state index in [1.54, 1.807) is 31.5 Å². The van der Waals surface area contributed by atoms with Crippen molar-refractivity contribution in [2.75, 3.05) is 20.3 Å². The number of carbonyl (C=O) groups is 1. The van der Waals surface area contributed by atoms with E-state index in [2.05, 4.69) is 10.3 Å². The minimum Gasteiger partial charge on any atom is -0.475 e. The Bertz CT molecular complexity index is 826. The summed E-state index contributed by atoms with van der Waals surface area (Å²) in [6.45, 7) is 0.999. The molecule has 1 fully saturated rings. The zero-order chi connectivity index (χ0) is 20.1. The summed E-state index contributed by atoms with van der Waals surface area (Å²) in [6.07, 6.45) is -2.25. The molecule has 3 rings (SSSR count). The summed E-state index contributed by atoms with van der Waals surface area (Å²) in [4.78, 5) is 16.5. The van der Waals surface area contributed by atoms with Gasteiger partial charge >= 0.3 is 6.18 Å². The number of pyridine rings is 1. The molecule has 5 nitrogen and oxygen atoms in total. The highest BCUT2D eigenvalue weighted by Crippen LogP contribution is 2.48. The molecule has 1 aromatic heterocycles. The number of alkyl halides is 3. The molecule has 1 aliphatic rings. The highest BCUT2D eigenvalue weighted by atomic mass is 19.4. The number of amides is 1. The van der Waals surface area contributed by atoms with Gasteiger partial charge < -0.3 is 14.8 Å². The quantitative estimate of drug-likeness (QED) is 0.696. The number of halogens is 3. The molecule has 0 saturated heterocycles. The predicted molar refractivity (Wildman–Crippen MR) is 95.7 cm³/mol. The van der Waals surface area contributed by atoms with Gasteiger partial charge in [0, 0.05) is 31.3 Å². The maximum absolute atomic E-state index is 12.9. The van der Waals surface area contributed by atoms with Crippen molar-refractivity contribution in [3.8, 4) is 5.88 Å². The molecule has 0 radical (unpaired) electrons. The average molecular weight is 394 g/mol. The molecule has 0 bridgehead atoms. The molecule has 0 aliphatic heterocycles. The maximum atomic E-state index is 12.9. The fourth-order valence-corrected chi connectivity index (χ4v) is 3.02. The summed E-state index contributed by atoms with van der Waals surface area (Å²) >= 11 is 0. The highest BCUT2D eigenvalue weighted by molar-refractivity contribution is 5.82. The first-order chi connectivity index (χ1) is 13.4. The van der Waals surface area contributed by atoms with Gasteiger partial charge in [0.05, 0.1) is 12.2 Å². The van der Waals surface area contributed by atoms with Gasteiger partial charge in [-0.3, -0.25) is 4.79 Å². The molecule has 1 amide bonds. The highest BCUT2D eigenvalue weighted by Gasteiger charge is 2.44. The summed E-state index contributed by atoms with van der Waals surface area (Å²) < 4.78 is 49.0. The number of benzene rings is 1. The molecule has 2 unspecified atom stereocenters. The van der Waals surface area contributed by atoms with Crippen molar-refractivity contribution < 1.29 is 27.4 Å². The molecule has 1 aliphatic carbocycles. The molecule has 8 heteroatoms. The molecule has 0 spiro atoms. The predicted octanol–water partition coefficient (Wildman–Crippen LogP) is 3.55. The van der Waals surface area contributed by atoms with Crippen LogP contribution >= 0.6 is 0 Å². The smallest absolute Gasteiger partial charge is 0.416 e. The Morgan fingerprint density at radius 3 is 2.82 bits per heavy atom. The van der Waals surface area contributed by atoms with Gasteiger partial charge in [-0.15, -0.1) is 0 Å². The van der Waals surface area contributed by atoms with Crippen molar-refractivity contribution in [2.45, 2.75) is 25.1 Å². The van der Waals surface area contributed by atoms with Gasteiger partial charge in [-0.05, 0) is 30.0 Å². The van der Waals surface area contributed by atoms with Crippen LogP contribution in [-0.2, 0) is 22.3 Å². The Balaban J connectivity index is 1.56. The third-order valence-electron chi connectivity index (χ3n) is 4.60. The number of hydrogen-bond acceptors (Lipinski definition) is 4. The van der Waals surface area contributed by atoms with Crippen LogP contribution < -0.4 is 10.1 Å². The zero-order valence-corrected chi connectivity index (χ0v) is 15.3. The number of aromatic nitrogens is 1. The normalized spacial score (nSPS) is 18.6. The minimum atomic E-state index is -4.39. The first-order valence-corrected chi connectivity index (χ1v) is 8.90. The van der Waals surface area contributed by atoms with Crippen molar-refractivity contribution in [1.29, 1.82) is 0 Å². The van der Waals surface area contributed by atoms with Crippen molar-refractivity contribution in [3.63, 3.8) is 0 Å². The van der Waals surface area contributed by atoms with Crippen LogP contribution in [0.3, 0.4) is 0 Å². The lowest BCUT2D eigenvalue weighted by Crippen LogP contribution is -2.25. The standard InChI is InChI=1S/C20H21F3N2O3/c1-27-8-9-28-19-14(5-3-7-24-19)12-25-18(26)17-11-16(17)13-4-2-6-15(10-13)20(21,22)23/h2-7,10,16-17H,8-9,11-12H2,1H3,(H,25,26). The molecular formula is C20H21F3N2O3. The summed E-state index contributed by atoms with van der Waals surface area (Å²) in [5, 5.41) is 2.82. The van der Waals surface area contributed by atoms with E-state index >= 15 is 0 Å². The largest absolute Gasteiger partial charge is 0.475 e. The van der Waals surface area contributed by atoms with Crippen LogP contribution in [0.1, 0.15) is 29.0 Å². The summed E-state index contributed by atoms with van der Waals surface area (Å²) in [5.74, 6) is -0.272. The third-order valence-corrected chi connectivity index (χ3v) is 4.60. The lowest BCUT2D eigenvalue weighted by atomic mass is 10.1. The third kappa shape index (κ3) is 5.01. The Morgan fingerprint density at radius 1 is 1.25 bits per heavy atom. The van der Waals surface area contributed by atoms with Crippen LogP contribution in [0.25, 0.3) is 0 Å². The number of nitrogens with zero attached hydrogens (tertiary/aromatic N) is 1. The van der Waals surface area contributed by atoms with E-state index in [4.69, 9.17) is 9.47 Å². The van der Waals surface area contributed by atoms with Gasteiger partial charge in [0.2, 0.25) is 11.8 Å². The second kappa shape index (κ2) is 8.60. The Morgan fingerprint density at radius 2 is 2.07 bits per heavy atom. The fourth-order valence-electron chi connectivity index (χ4n) is 3.02. The SMILES string of the molecule is COCCOc1ncccc1CNC(=O)C1CC1c1cccc(C(F)(F)F)c1. The first-order valence-electron chi connectivity index (χ1n) is 8.90. The average Bonchev–Trinajstić information content (AvgIpc) is 3.48. The Labute approximate surface area is 160 Å². The van der Waals surface area contributed by atoms with Gasteiger partial charge in [0.25, 0.3) is 0 Å². The zero-order valence-electron chi connectivity index (χ0n) is 15.3. The van der Waals surface area contributed by atoms with Gasteiger partial charge in [0.1, 0.15) is 6.61 Å². The number of ether oxygens (including phenoxy) is 2. The van der Waals surface area contributed by atoms with E-state index in [0.717, 1.165) is 17.7 Å². The maximum Gasteiger partial charge on any atom is 0.416 e. The summed E-state index contributed by atoms with van der Waals surface area (Å²) in [7, 11) is 1.57. The monoisotopic (exact) mass is 394 g/mol. The second-order valence-corrected chi connectivity index (χ2v) is 6.60. The molecule has 1 heterocycles. The molecule has 150 valence electrons.